The number of phenolic OH excluding ortho intramolecular Hbond substituents is 1. The van der Waals surface area contributed by atoms with Crippen molar-refractivity contribution in [3.8, 4) is 5.75 Å². The zero-order valence-corrected chi connectivity index (χ0v) is 16.5. The average Bonchev–Trinajstić information content (AvgIpc) is 2.76. The molecule has 29 heavy (non-hydrogen) atoms. The van der Waals surface area contributed by atoms with Crippen LogP contribution in [0.15, 0.2) is 48.5 Å². The van der Waals surface area contributed by atoms with Gasteiger partial charge in [0.15, 0.2) is 0 Å². The number of phenols is 1. The lowest BCUT2D eigenvalue weighted by molar-refractivity contribution is -0.132. The molecule has 2 fully saturated rings. The molecule has 2 aliphatic heterocycles. The Labute approximate surface area is 170 Å². The Balaban J connectivity index is 1.22. The molecule has 2 aromatic carbocycles. The van der Waals surface area contributed by atoms with Gasteiger partial charge >= 0.3 is 0 Å². The van der Waals surface area contributed by atoms with E-state index in [0.717, 1.165) is 50.6 Å². The van der Waals surface area contributed by atoms with Crippen molar-refractivity contribution >= 4 is 17.3 Å². The summed E-state index contributed by atoms with van der Waals surface area (Å²) in [5.41, 5.74) is 2.11. The summed E-state index contributed by atoms with van der Waals surface area (Å²) in [7, 11) is 0. The first kappa shape index (κ1) is 19.5. The van der Waals surface area contributed by atoms with E-state index in [1.807, 2.05) is 17.0 Å². The van der Waals surface area contributed by atoms with E-state index in [0.29, 0.717) is 19.6 Å². The Morgan fingerprint density at radius 1 is 0.759 bits per heavy atom. The molecule has 154 valence electrons. The highest BCUT2D eigenvalue weighted by Gasteiger charge is 2.25. The quantitative estimate of drug-likeness (QED) is 0.854. The molecular weight excluding hydrogens is 371 g/mol. The van der Waals surface area contributed by atoms with Crippen molar-refractivity contribution in [1.29, 1.82) is 0 Å². The maximum Gasteiger partial charge on any atom is 0.236 e. The molecule has 2 saturated heterocycles. The maximum atomic E-state index is 13.1. The third-order valence-corrected chi connectivity index (χ3v) is 5.77. The normalized spacial score (nSPS) is 18.2. The van der Waals surface area contributed by atoms with Gasteiger partial charge in [-0.3, -0.25) is 9.69 Å². The number of carbonyl (C=O) groups excluding carboxylic acids is 1. The number of hydrogen-bond donors (Lipinski definition) is 1. The highest BCUT2D eigenvalue weighted by Crippen LogP contribution is 2.20. The lowest BCUT2D eigenvalue weighted by Gasteiger charge is -2.39. The summed E-state index contributed by atoms with van der Waals surface area (Å²) in [6.07, 6.45) is 0. The Morgan fingerprint density at radius 2 is 1.24 bits per heavy atom. The van der Waals surface area contributed by atoms with Crippen LogP contribution < -0.4 is 9.80 Å². The van der Waals surface area contributed by atoms with Crippen LogP contribution in [0.1, 0.15) is 0 Å². The largest absolute Gasteiger partial charge is 0.508 e. The summed E-state index contributed by atoms with van der Waals surface area (Å²) in [6.45, 7) is 6.84. The van der Waals surface area contributed by atoms with E-state index >= 15 is 0 Å². The van der Waals surface area contributed by atoms with Gasteiger partial charge in [-0.1, -0.05) is 0 Å². The van der Waals surface area contributed by atoms with Crippen LogP contribution in [0.3, 0.4) is 0 Å². The molecule has 1 amide bonds. The van der Waals surface area contributed by atoms with Crippen molar-refractivity contribution in [2.45, 2.75) is 0 Å². The molecule has 0 saturated carbocycles. The minimum Gasteiger partial charge on any atom is -0.508 e. The van der Waals surface area contributed by atoms with E-state index in [1.165, 1.54) is 12.1 Å². The number of carbonyl (C=O) groups is 1. The van der Waals surface area contributed by atoms with Crippen LogP contribution >= 0.6 is 0 Å². The number of hydrogen-bond acceptors (Lipinski definition) is 5. The van der Waals surface area contributed by atoms with Gasteiger partial charge in [-0.25, -0.2) is 4.39 Å². The molecule has 6 nitrogen and oxygen atoms in total. The number of halogens is 1. The summed E-state index contributed by atoms with van der Waals surface area (Å²) < 4.78 is 13.1. The van der Waals surface area contributed by atoms with Crippen molar-refractivity contribution < 1.29 is 14.3 Å². The Bertz CT molecular complexity index is 812. The summed E-state index contributed by atoms with van der Waals surface area (Å²) in [4.78, 5) is 21.3. The first-order chi connectivity index (χ1) is 14.1. The van der Waals surface area contributed by atoms with Crippen molar-refractivity contribution in [3.63, 3.8) is 0 Å². The van der Waals surface area contributed by atoms with Crippen LogP contribution in [0.2, 0.25) is 0 Å². The summed E-state index contributed by atoms with van der Waals surface area (Å²) in [6, 6.07) is 13.8. The van der Waals surface area contributed by atoms with E-state index < -0.39 is 0 Å². The van der Waals surface area contributed by atoms with Crippen LogP contribution in [-0.2, 0) is 4.79 Å². The molecule has 0 spiro atoms. The second kappa shape index (κ2) is 8.69. The van der Waals surface area contributed by atoms with E-state index in [2.05, 4.69) is 14.7 Å². The van der Waals surface area contributed by atoms with Gasteiger partial charge in [-0.2, -0.15) is 0 Å². The molecule has 2 aliphatic rings. The van der Waals surface area contributed by atoms with Crippen LogP contribution in [0, 0.1) is 5.82 Å². The smallest absolute Gasteiger partial charge is 0.236 e. The van der Waals surface area contributed by atoms with Gasteiger partial charge in [0.05, 0.1) is 6.54 Å². The SMILES string of the molecule is O=C(CN1CCN(c2ccc(O)cc2)CC1)N1CCN(c2ccc(F)cc2)CC1. The molecule has 7 heteroatoms. The fourth-order valence-electron chi connectivity index (χ4n) is 3.98. The van der Waals surface area contributed by atoms with Crippen molar-refractivity contribution in [2.75, 3.05) is 68.7 Å². The lowest BCUT2D eigenvalue weighted by atomic mass is 10.2. The standard InChI is InChI=1S/C22H27FN4O2/c23-18-1-3-19(4-2-18)26-13-15-27(16-14-26)22(29)17-24-9-11-25(12-10-24)20-5-7-21(28)8-6-20/h1-8,28H,9-17H2. The van der Waals surface area contributed by atoms with E-state index in [4.69, 9.17) is 0 Å². The van der Waals surface area contributed by atoms with Crippen molar-refractivity contribution in [2.24, 2.45) is 0 Å². The molecule has 0 aliphatic carbocycles. The first-order valence-corrected chi connectivity index (χ1v) is 10.1. The maximum absolute atomic E-state index is 13.1. The molecule has 2 heterocycles. The molecule has 0 atom stereocenters. The fraction of sp³-hybridized carbons (Fsp3) is 0.409. The summed E-state index contributed by atoms with van der Waals surface area (Å²) in [5, 5.41) is 9.43. The number of piperazine rings is 2. The monoisotopic (exact) mass is 398 g/mol. The van der Waals surface area contributed by atoms with E-state index in [-0.39, 0.29) is 17.5 Å². The highest BCUT2D eigenvalue weighted by molar-refractivity contribution is 5.78. The van der Waals surface area contributed by atoms with Gasteiger partial charge in [0.2, 0.25) is 5.91 Å². The van der Waals surface area contributed by atoms with Crippen LogP contribution in [0.5, 0.6) is 5.75 Å². The minimum atomic E-state index is -0.229. The number of nitrogens with zero attached hydrogens (tertiary/aromatic N) is 4. The molecular formula is C22H27FN4O2. The molecule has 0 radical (unpaired) electrons. The van der Waals surface area contributed by atoms with Gasteiger partial charge < -0.3 is 19.8 Å². The molecule has 0 aromatic heterocycles. The molecule has 0 bridgehead atoms. The van der Waals surface area contributed by atoms with Gasteiger partial charge in [0.25, 0.3) is 0 Å². The molecule has 0 unspecified atom stereocenters. The Hall–Kier alpha value is -2.80. The van der Waals surface area contributed by atoms with E-state index in [1.54, 1.807) is 24.3 Å². The number of anilines is 2. The Kier molecular flexibility index (Phi) is 5.85. The third kappa shape index (κ3) is 4.79. The number of rotatable bonds is 4. The second-order valence-corrected chi connectivity index (χ2v) is 7.62. The predicted molar refractivity (Wildman–Crippen MR) is 112 cm³/mol. The minimum absolute atomic E-state index is 0.182. The van der Waals surface area contributed by atoms with E-state index in [9.17, 15) is 14.3 Å². The van der Waals surface area contributed by atoms with Crippen LogP contribution in [0.4, 0.5) is 15.8 Å². The molecule has 1 N–H and O–H groups in total. The van der Waals surface area contributed by atoms with Gasteiger partial charge in [0, 0.05) is 63.7 Å². The number of benzene rings is 2. The number of aromatic hydroxyl groups is 1. The Morgan fingerprint density at radius 3 is 1.79 bits per heavy atom. The van der Waals surface area contributed by atoms with Crippen LogP contribution in [-0.4, -0.2) is 79.7 Å². The first-order valence-electron chi connectivity index (χ1n) is 10.1. The number of amides is 1. The van der Waals surface area contributed by atoms with Crippen molar-refractivity contribution in [1.82, 2.24) is 9.80 Å². The summed E-state index contributed by atoms with van der Waals surface area (Å²) >= 11 is 0. The lowest BCUT2D eigenvalue weighted by Crippen LogP contribution is -2.54. The second-order valence-electron chi connectivity index (χ2n) is 7.62. The summed E-state index contributed by atoms with van der Waals surface area (Å²) in [5.74, 6) is 0.229. The topological polar surface area (TPSA) is 50.3 Å². The average molecular weight is 398 g/mol. The highest BCUT2D eigenvalue weighted by atomic mass is 19.1. The van der Waals surface area contributed by atoms with Gasteiger partial charge in [-0.15, -0.1) is 0 Å². The molecule has 4 rings (SSSR count). The molecule has 2 aromatic rings. The van der Waals surface area contributed by atoms with Gasteiger partial charge in [0.1, 0.15) is 11.6 Å². The zero-order chi connectivity index (χ0) is 20.2. The predicted octanol–water partition coefficient (Wildman–Crippen LogP) is 2.00. The third-order valence-electron chi connectivity index (χ3n) is 5.77. The van der Waals surface area contributed by atoms with Crippen LogP contribution in [0.25, 0.3) is 0 Å². The fourth-order valence-corrected chi connectivity index (χ4v) is 3.98. The van der Waals surface area contributed by atoms with Gasteiger partial charge in [-0.05, 0) is 48.5 Å². The zero-order valence-electron chi connectivity index (χ0n) is 16.5. The van der Waals surface area contributed by atoms with Crippen molar-refractivity contribution in [3.05, 3.63) is 54.3 Å².